The van der Waals surface area contributed by atoms with Gasteiger partial charge >= 0.3 is 6.09 Å². The smallest absolute Gasteiger partial charge is 0.407 e. The molecular formula is C24H35N5O5S2. The van der Waals surface area contributed by atoms with Gasteiger partial charge in [0.15, 0.2) is 5.13 Å². The molecule has 4 rings (SSSR count). The molecule has 0 spiro atoms. The van der Waals surface area contributed by atoms with Crippen LogP contribution >= 0.6 is 11.3 Å². The quantitative estimate of drug-likeness (QED) is 0.554. The Morgan fingerprint density at radius 1 is 1.17 bits per heavy atom. The number of carbonyl (C=O) groups is 2. The Bertz CT molecular complexity index is 1160. The zero-order valence-corrected chi connectivity index (χ0v) is 22.4. The van der Waals surface area contributed by atoms with Crippen molar-refractivity contribution in [1.82, 2.24) is 15.2 Å². The number of rotatable bonds is 7. The number of amides is 2. The number of thiazole rings is 1. The first-order valence-electron chi connectivity index (χ1n) is 12.1. The fourth-order valence-corrected chi connectivity index (χ4v) is 6.31. The van der Waals surface area contributed by atoms with Crippen LogP contribution in [-0.2, 0) is 19.6 Å². The lowest BCUT2D eigenvalue weighted by Crippen LogP contribution is -2.47. The van der Waals surface area contributed by atoms with Gasteiger partial charge in [-0.1, -0.05) is 0 Å². The van der Waals surface area contributed by atoms with E-state index in [1.54, 1.807) is 22.4 Å². The number of sulfonamides is 1. The Hall–Kier alpha value is -2.70. The maximum absolute atomic E-state index is 13.2. The molecule has 1 atom stereocenters. The summed E-state index contributed by atoms with van der Waals surface area (Å²) in [5.74, 6) is 0.394. The second-order valence-corrected chi connectivity index (χ2v) is 12.7. The summed E-state index contributed by atoms with van der Waals surface area (Å²) in [6, 6.07) is 6.18. The third kappa shape index (κ3) is 6.54. The van der Waals surface area contributed by atoms with Gasteiger partial charge in [-0.25, -0.2) is 18.2 Å². The number of nitrogens with zero attached hydrogens (tertiary/aromatic N) is 3. The van der Waals surface area contributed by atoms with Crippen molar-refractivity contribution in [3.05, 3.63) is 35.8 Å². The average Bonchev–Trinajstić information content (AvgIpc) is 3.46. The van der Waals surface area contributed by atoms with Gasteiger partial charge < -0.3 is 15.0 Å². The van der Waals surface area contributed by atoms with Crippen LogP contribution in [0.1, 0.15) is 41.5 Å². The number of alkyl carbamates (subject to hydrolysis) is 1. The predicted octanol–water partition coefficient (Wildman–Crippen LogP) is 3.53. The highest BCUT2D eigenvalue weighted by atomic mass is 32.2. The molecule has 0 radical (unpaired) electrons. The Labute approximate surface area is 217 Å². The Morgan fingerprint density at radius 2 is 1.86 bits per heavy atom. The van der Waals surface area contributed by atoms with Crippen molar-refractivity contribution in [1.29, 1.82) is 0 Å². The van der Waals surface area contributed by atoms with Crippen molar-refractivity contribution in [2.24, 2.45) is 5.92 Å². The van der Waals surface area contributed by atoms with E-state index in [0.29, 0.717) is 29.8 Å². The van der Waals surface area contributed by atoms with Gasteiger partial charge in [0.25, 0.3) is 10.0 Å². The molecule has 0 aliphatic carbocycles. The highest BCUT2D eigenvalue weighted by Gasteiger charge is 2.38. The first-order chi connectivity index (χ1) is 17.0. The fourth-order valence-electron chi connectivity index (χ4n) is 4.52. The minimum Gasteiger partial charge on any atom is -0.444 e. The maximum Gasteiger partial charge on any atom is 0.407 e. The van der Waals surface area contributed by atoms with E-state index in [1.165, 1.54) is 29.7 Å². The van der Waals surface area contributed by atoms with E-state index in [4.69, 9.17) is 4.74 Å². The van der Waals surface area contributed by atoms with E-state index in [2.05, 4.69) is 19.9 Å². The van der Waals surface area contributed by atoms with E-state index in [0.717, 1.165) is 32.4 Å². The molecule has 12 heteroatoms. The number of carbonyl (C=O) groups excluding carboxylic acids is 2. The minimum absolute atomic E-state index is 0. The minimum atomic E-state index is -3.74. The molecule has 2 N–H and O–H groups in total. The third-order valence-corrected chi connectivity index (χ3v) is 8.49. The number of ether oxygens (including phenoxy) is 1. The summed E-state index contributed by atoms with van der Waals surface area (Å²) in [5.41, 5.74) is 0.169. The number of anilines is 2. The van der Waals surface area contributed by atoms with Crippen molar-refractivity contribution in [3.63, 3.8) is 0 Å². The lowest BCUT2D eigenvalue weighted by Gasteiger charge is -2.35. The second-order valence-electron chi connectivity index (χ2n) is 10.1. The molecule has 2 aliphatic rings. The molecule has 1 aromatic carbocycles. The first kappa shape index (κ1) is 26.4. The highest BCUT2D eigenvalue weighted by Crippen LogP contribution is 2.29. The second kappa shape index (κ2) is 10.7. The molecule has 3 heterocycles. The van der Waals surface area contributed by atoms with Gasteiger partial charge in [-0.15, -0.1) is 11.3 Å². The molecule has 0 bridgehead atoms. The highest BCUT2D eigenvalue weighted by molar-refractivity contribution is 7.93. The van der Waals surface area contributed by atoms with Gasteiger partial charge in [0, 0.05) is 31.8 Å². The molecule has 198 valence electrons. The Kier molecular flexibility index (Phi) is 7.86. The van der Waals surface area contributed by atoms with Crippen molar-refractivity contribution in [3.8, 4) is 0 Å². The van der Waals surface area contributed by atoms with Crippen molar-refractivity contribution in [2.75, 3.05) is 35.8 Å². The zero-order valence-electron chi connectivity index (χ0n) is 20.8. The third-order valence-electron chi connectivity index (χ3n) is 6.31. The standard InChI is InChI=1S/C24H33N5O5S2.H2/c1-24(2,3)34-23(31)26-16-17-8-12-28(13-9-17)20-10-14-29(21(20)30)18-4-6-19(7-5-18)36(32,33)27-22-25-11-15-35-22;/h4-7,11,15,17,20H,8-10,12-14,16H2,1-3H3,(H,25,27)(H,26,31);1H/t20-;/m0./s1. The van der Waals surface area contributed by atoms with Crippen molar-refractivity contribution in [2.45, 2.75) is 56.6 Å². The molecule has 2 amide bonds. The van der Waals surface area contributed by atoms with Crippen LogP contribution in [0.25, 0.3) is 0 Å². The van der Waals surface area contributed by atoms with Crippen LogP contribution in [0.4, 0.5) is 15.6 Å². The Morgan fingerprint density at radius 3 is 2.47 bits per heavy atom. The van der Waals surface area contributed by atoms with Gasteiger partial charge in [0.1, 0.15) is 5.60 Å². The van der Waals surface area contributed by atoms with E-state index in [9.17, 15) is 18.0 Å². The molecule has 36 heavy (non-hydrogen) atoms. The lowest BCUT2D eigenvalue weighted by atomic mass is 9.95. The SMILES string of the molecule is CC(C)(C)OC(=O)NCC1CCN([C@H]2CCN(c3ccc(S(=O)(=O)Nc4nccs4)cc3)C2=O)CC1.[HH]. The van der Waals surface area contributed by atoms with Gasteiger partial charge in [-0.05, 0) is 83.3 Å². The summed E-state index contributed by atoms with van der Waals surface area (Å²) in [6.07, 6.45) is 3.66. The number of nitrogens with one attached hydrogen (secondary N) is 2. The monoisotopic (exact) mass is 537 g/mol. The average molecular weight is 538 g/mol. The number of piperidine rings is 1. The van der Waals surface area contributed by atoms with Gasteiger partial charge in [0.2, 0.25) is 5.91 Å². The molecule has 0 unspecified atom stereocenters. The van der Waals surface area contributed by atoms with Crippen LogP contribution in [0.15, 0.2) is 40.7 Å². The van der Waals surface area contributed by atoms with E-state index >= 15 is 0 Å². The topological polar surface area (TPSA) is 121 Å². The number of likely N-dealkylation sites (tertiary alicyclic amines) is 1. The molecule has 2 fully saturated rings. The van der Waals surface area contributed by atoms with Crippen LogP contribution < -0.4 is 14.9 Å². The molecular weight excluding hydrogens is 502 g/mol. The van der Waals surface area contributed by atoms with E-state index in [1.807, 2.05) is 20.8 Å². The van der Waals surface area contributed by atoms with Gasteiger partial charge in [0.05, 0.1) is 10.9 Å². The number of aromatic nitrogens is 1. The van der Waals surface area contributed by atoms with Crippen molar-refractivity contribution >= 4 is 44.2 Å². The van der Waals surface area contributed by atoms with Crippen LogP contribution in [0.2, 0.25) is 0 Å². The number of hydrogen-bond acceptors (Lipinski definition) is 8. The zero-order chi connectivity index (χ0) is 25.9. The number of hydrogen-bond donors (Lipinski definition) is 2. The molecule has 2 aromatic rings. The van der Waals surface area contributed by atoms with Crippen LogP contribution in [0, 0.1) is 5.92 Å². The van der Waals surface area contributed by atoms with Crippen molar-refractivity contribution < 1.29 is 24.2 Å². The summed E-state index contributed by atoms with van der Waals surface area (Å²) < 4.78 is 32.9. The molecule has 10 nitrogen and oxygen atoms in total. The predicted molar refractivity (Wildman–Crippen MR) is 141 cm³/mol. The summed E-state index contributed by atoms with van der Waals surface area (Å²) in [7, 11) is -3.74. The summed E-state index contributed by atoms with van der Waals surface area (Å²) in [5, 5.41) is 4.85. The lowest BCUT2D eigenvalue weighted by molar-refractivity contribution is -0.122. The summed E-state index contributed by atoms with van der Waals surface area (Å²) >= 11 is 1.20. The largest absolute Gasteiger partial charge is 0.444 e. The molecule has 1 aromatic heterocycles. The summed E-state index contributed by atoms with van der Waals surface area (Å²) in [6.45, 7) is 8.27. The summed E-state index contributed by atoms with van der Waals surface area (Å²) in [4.78, 5) is 33.1. The maximum atomic E-state index is 13.2. The van der Waals surface area contributed by atoms with Crippen LogP contribution in [-0.4, -0.2) is 68.1 Å². The van der Waals surface area contributed by atoms with Crippen LogP contribution in [0.3, 0.4) is 0 Å². The van der Waals surface area contributed by atoms with Gasteiger partial charge in [-0.3, -0.25) is 14.4 Å². The molecule has 2 saturated heterocycles. The fraction of sp³-hybridized carbons (Fsp3) is 0.542. The van der Waals surface area contributed by atoms with E-state index < -0.39 is 21.7 Å². The number of benzene rings is 1. The van der Waals surface area contributed by atoms with Gasteiger partial charge in [-0.2, -0.15) is 0 Å². The normalized spacial score (nSPS) is 19.9. The Balaban J connectivity index is 0.00000380. The molecule has 0 saturated carbocycles. The first-order valence-corrected chi connectivity index (χ1v) is 14.4. The van der Waals surface area contributed by atoms with E-state index in [-0.39, 0.29) is 18.3 Å². The molecule has 2 aliphatic heterocycles. The van der Waals surface area contributed by atoms with Crippen LogP contribution in [0.5, 0.6) is 0 Å².